The lowest BCUT2D eigenvalue weighted by Crippen LogP contribution is -2.42. The molecule has 1 aromatic carbocycles. The quantitative estimate of drug-likeness (QED) is 0.908. The van der Waals surface area contributed by atoms with Crippen molar-refractivity contribution in [3.05, 3.63) is 36.5 Å². The third-order valence-electron chi connectivity index (χ3n) is 3.58. The summed E-state index contributed by atoms with van der Waals surface area (Å²) < 4.78 is 26.8. The maximum absolute atomic E-state index is 12.7. The van der Waals surface area contributed by atoms with E-state index in [0.717, 1.165) is 0 Å². The summed E-state index contributed by atoms with van der Waals surface area (Å²) in [7, 11) is -3.59. The minimum atomic E-state index is -3.59. The van der Waals surface area contributed by atoms with E-state index in [1.54, 1.807) is 36.5 Å². The second-order valence-corrected chi connectivity index (χ2v) is 6.89. The van der Waals surface area contributed by atoms with Gasteiger partial charge in [0.25, 0.3) is 0 Å². The number of rotatable bonds is 2. The second-order valence-electron chi connectivity index (χ2n) is 4.99. The molecule has 1 aliphatic rings. The zero-order valence-corrected chi connectivity index (χ0v) is 11.8. The van der Waals surface area contributed by atoms with Gasteiger partial charge in [0.1, 0.15) is 0 Å². The summed E-state index contributed by atoms with van der Waals surface area (Å²) >= 11 is 0. The summed E-state index contributed by atoms with van der Waals surface area (Å²) in [6, 6.07) is 8.57. The summed E-state index contributed by atoms with van der Waals surface area (Å²) in [6.45, 7) is 0.620. The van der Waals surface area contributed by atoms with E-state index in [4.69, 9.17) is 0 Å². The Balaban J connectivity index is 2.09. The highest BCUT2D eigenvalue weighted by Gasteiger charge is 2.30. The first-order chi connectivity index (χ1) is 9.59. The molecule has 2 aromatic rings. The fourth-order valence-electron chi connectivity index (χ4n) is 2.58. The standard InChI is InChI=1S/C14H16N2O3S/c17-11-4-3-9-16(10-11)20(18,19)14-7-1-6-13-12(14)5-2-8-15-13/h1-2,5-8,11,17H,3-4,9-10H2. The van der Waals surface area contributed by atoms with Crippen molar-refractivity contribution in [2.45, 2.75) is 23.8 Å². The van der Waals surface area contributed by atoms with Gasteiger partial charge in [0.2, 0.25) is 10.0 Å². The fraction of sp³-hybridized carbons (Fsp3) is 0.357. The van der Waals surface area contributed by atoms with Crippen LogP contribution in [-0.2, 0) is 10.0 Å². The van der Waals surface area contributed by atoms with Gasteiger partial charge in [0.15, 0.2) is 0 Å². The Morgan fingerprint density at radius 2 is 2.10 bits per heavy atom. The van der Waals surface area contributed by atoms with Crippen molar-refractivity contribution in [2.75, 3.05) is 13.1 Å². The number of aliphatic hydroxyl groups is 1. The van der Waals surface area contributed by atoms with Crippen LogP contribution in [0.5, 0.6) is 0 Å². The molecule has 20 heavy (non-hydrogen) atoms. The van der Waals surface area contributed by atoms with Crippen LogP contribution in [0.1, 0.15) is 12.8 Å². The maximum Gasteiger partial charge on any atom is 0.243 e. The number of hydrogen-bond acceptors (Lipinski definition) is 4. The molecule has 1 aliphatic heterocycles. The molecule has 0 radical (unpaired) electrons. The van der Waals surface area contributed by atoms with Crippen LogP contribution in [0.4, 0.5) is 0 Å². The van der Waals surface area contributed by atoms with Crippen molar-refractivity contribution in [1.82, 2.24) is 9.29 Å². The van der Waals surface area contributed by atoms with E-state index in [0.29, 0.717) is 30.3 Å². The molecule has 3 rings (SSSR count). The third-order valence-corrected chi connectivity index (χ3v) is 5.51. The first-order valence-electron chi connectivity index (χ1n) is 6.61. The highest BCUT2D eigenvalue weighted by atomic mass is 32.2. The predicted molar refractivity (Wildman–Crippen MR) is 75.7 cm³/mol. The SMILES string of the molecule is O=S(=O)(c1cccc2ncccc12)N1CCCC(O)C1. The molecule has 0 spiro atoms. The minimum absolute atomic E-state index is 0.166. The van der Waals surface area contributed by atoms with Gasteiger partial charge >= 0.3 is 0 Å². The number of aromatic nitrogens is 1. The maximum atomic E-state index is 12.7. The second kappa shape index (κ2) is 5.12. The van der Waals surface area contributed by atoms with Crippen LogP contribution in [0, 0.1) is 0 Å². The third kappa shape index (κ3) is 2.30. The Hall–Kier alpha value is -1.50. The first kappa shape index (κ1) is 13.5. The van der Waals surface area contributed by atoms with E-state index in [1.165, 1.54) is 4.31 Å². The Kier molecular flexibility index (Phi) is 3.45. The monoisotopic (exact) mass is 292 g/mol. The van der Waals surface area contributed by atoms with Gasteiger partial charge in [0.05, 0.1) is 16.5 Å². The summed E-state index contributed by atoms with van der Waals surface area (Å²) in [5.74, 6) is 0. The summed E-state index contributed by atoms with van der Waals surface area (Å²) in [4.78, 5) is 4.44. The van der Waals surface area contributed by atoms with E-state index in [-0.39, 0.29) is 11.4 Å². The van der Waals surface area contributed by atoms with Crippen molar-refractivity contribution >= 4 is 20.9 Å². The Morgan fingerprint density at radius 1 is 1.25 bits per heavy atom. The molecule has 5 nitrogen and oxygen atoms in total. The molecule has 2 heterocycles. The van der Waals surface area contributed by atoms with Crippen molar-refractivity contribution < 1.29 is 13.5 Å². The molecule has 1 aromatic heterocycles. The minimum Gasteiger partial charge on any atom is -0.392 e. The molecule has 1 saturated heterocycles. The first-order valence-corrected chi connectivity index (χ1v) is 8.05. The molecule has 0 aliphatic carbocycles. The zero-order chi connectivity index (χ0) is 14.2. The largest absolute Gasteiger partial charge is 0.392 e. The van der Waals surface area contributed by atoms with Gasteiger partial charge < -0.3 is 5.11 Å². The van der Waals surface area contributed by atoms with Gasteiger partial charge in [-0.05, 0) is 37.1 Å². The number of β-amino-alcohol motifs (C(OH)–C–C–N with tert-alkyl or cyclic N) is 1. The molecule has 1 N–H and O–H groups in total. The van der Waals surface area contributed by atoms with Crippen molar-refractivity contribution in [3.63, 3.8) is 0 Å². The Morgan fingerprint density at radius 3 is 2.90 bits per heavy atom. The summed E-state index contributed by atoms with van der Waals surface area (Å²) in [5.41, 5.74) is 0.658. The summed E-state index contributed by atoms with van der Waals surface area (Å²) in [5, 5.41) is 10.3. The topological polar surface area (TPSA) is 70.5 Å². The lowest BCUT2D eigenvalue weighted by atomic mass is 10.1. The number of benzene rings is 1. The number of fused-ring (bicyclic) bond motifs is 1. The molecule has 0 bridgehead atoms. The number of hydrogen-bond donors (Lipinski definition) is 1. The van der Waals surface area contributed by atoms with Crippen molar-refractivity contribution in [1.29, 1.82) is 0 Å². The number of aliphatic hydroxyl groups excluding tert-OH is 1. The molecular formula is C14H16N2O3S. The molecule has 6 heteroatoms. The van der Waals surface area contributed by atoms with Gasteiger partial charge in [-0.3, -0.25) is 4.98 Å². The lowest BCUT2D eigenvalue weighted by Gasteiger charge is -2.29. The zero-order valence-electron chi connectivity index (χ0n) is 10.9. The van der Waals surface area contributed by atoms with Crippen LogP contribution in [0.3, 0.4) is 0 Å². The summed E-state index contributed by atoms with van der Waals surface area (Å²) in [6.07, 6.45) is 2.40. The van der Waals surface area contributed by atoms with E-state index in [1.807, 2.05) is 0 Å². The van der Waals surface area contributed by atoms with E-state index in [2.05, 4.69) is 4.98 Å². The van der Waals surface area contributed by atoms with Gasteiger partial charge in [-0.1, -0.05) is 6.07 Å². The highest BCUT2D eigenvalue weighted by molar-refractivity contribution is 7.89. The molecule has 106 valence electrons. The van der Waals surface area contributed by atoms with Crippen LogP contribution in [0.25, 0.3) is 10.9 Å². The predicted octanol–water partition coefficient (Wildman–Crippen LogP) is 1.38. The van der Waals surface area contributed by atoms with E-state index < -0.39 is 16.1 Å². The number of piperidine rings is 1. The molecule has 1 fully saturated rings. The average molecular weight is 292 g/mol. The van der Waals surface area contributed by atoms with Crippen molar-refractivity contribution in [3.8, 4) is 0 Å². The molecular weight excluding hydrogens is 276 g/mol. The molecule has 1 unspecified atom stereocenters. The fourth-order valence-corrected chi connectivity index (χ4v) is 4.30. The highest BCUT2D eigenvalue weighted by Crippen LogP contribution is 2.26. The van der Waals surface area contributed by atoms with Crippen LogP contribution in [0.15, 0.2) is 41.4 Å². The Labute approximate surface area is 117 Å². The molecule has 0 amide bonds. The Bertz CT molecular complexity index is 725. The average Bonchev–Trinajstić information content (AvgIpc) is 2.46. The van der Waals surface area contributed by atoms with Gasteiger partial charge in [-0.2, -0.15) is 4.31 Å². The van der Waals surface area contributed by atoms with E-state index >= 15 is 0 Å². The number of sulfonamides is 1. The van der Waals surface area contributed by atoms with Gasteiger partial charge in [0, 0.05) is 24.7 Å². The lowest BCUT2D eigenvalue weighted by molar-refractivity contribution is 0.108. The van der Waals surface area contributed by atoms with Gasteiger partial charge in [-0.25, -0.2) is 8.42 Å². The smallest absolute Gasteiger partial charge is 0.243 e. The van der Waals surface area contributed by atoms with Crippen LogP contribution in [0.2, 0.25) is 0 Å². The molecule has 1 atom stereocenters. The molecule has 0 saturated carbocycles. The van der Waals surface area contributed by atoms with Crippen LogP contribution in [-0.4, -0.2) is 42.0 Å². The van der Waals surface area contributed by atoms with Crippen molar-refractivity contribution in [2.24, 2.45) is 0 Å². The number of pyridine rings is 1. The number of nitrogens with zero attached hydrogens (tertiary/aromatic N) is 2. The van der Waals surface area contributed by atoms with Gasteiger partial charge in [-0.15, -0.1) is 0 Å². The van der Waals surface area contributed by atoms with E-state index in [9.17, 15) is 13.5 Å². The van der Waals surface area contributed by atoms with Crippen LogP contribution >= 0.6 is 0 Å². The normalized spacial score (nSPS) is 21.1. The van der Waals surface area contributed by atoms with Crippen LogP contribution < -0.4 is 0 Å².